The van der Waals surface area contributed by atoms with Crippen molar-refractivity contribution in [2.24, 2.45) is 5.92 Å². The number of aliphatic hydroxyl groups is 1. The molecule has 2 aromatic rings. The molecule has 0 aliphatic carbocycles. The van der Waals surface area contributed by atoms with Crippen LogP contribution in [0.1, 0.15) is 30.9 Å². The van der Waals surface area contributed by atoms with Crippen LogP contribution in [0.5, 0.6) is 0 Å². The fraction of sp³-hybridized carbons (Fsp3) is 0.474. The number of anilines is 2. The Labute approximate surface area is 143 Å². The molecule has 2 heterocycles. The van der Waals surface area contributed by atoms with E-state index in [9.17, 15) is 5.11 Å². The SMILES string of the molecule is CCc1ccccc1CNc1cc(N2CCCC(CO)C2)ncn1. The van der Waals surface area contributed by atoms with Crippen LogP contribution >= 0.6 is 0 Å². The Kier molecular flexibility index (Phi) is 5.64. The molecule has 0 bridgehead atoms. The number of aryl methyl sites for hydroxylation is 1. The topological polar surface area (TPSA) is 61.3 Å². The number of piperidine rings is 1. The number of rotatable bonds is 6. The highest BCUT2D eigenvalue weighted by Crippen LogP contribution is 2.22. The van der Waals surface area contributed by atoms with Crippen molar-refractivity contribution in [2.75, 3.05) is 29.9 Å². The van der Waals surface area contributed by atoms with Crippen molar-refractivity contribution >= 4 is 11.6 Å². The summed E-state index contributed by atoms with van der Waals surface area (Å²) in [5, 5.41) is 12.8. The Morgan fingerprint density at radius 1 is 1.25 bits per heavy atom. The van der Waals surface area contributed by atoms with Crippen LogP contribution < -0.4 is 10.2 Å². The maximum Gasteiger partial charge on any atom is 0.134 e. The number of hydrogen-bond acceptors (Lipinski definition) is 5. The smallest absolute Gasteiger partial charge is 0.134 e. The van der Waals surface area contributed by atoms with Crippen LogP contribution in [-0.2, 0) is 13.0 Å². The van der Waals surface area contributed by atoms with Gasteiger partial charge in [-0.2, -0.15) is 0 Å². The van der Waals surface area contributed by atoms with Crippen molar-refractivity contribution in [2.45, 2.75) is 32.7 Å². The van der Waals surface area contributed by atoms with E-state index in [2.05, 4.69) is 51.4 Å². The van der Waals surface area contributed by atoms with E-state index in [1.807, 2.05) is 6.07 Å². The van der Waals surface area contributed by atoms with Gasteiger partial charge in [-0.1, -0.05) is 31.2 Å². The van der Waals surface area contributed by atoms with Gasteiger partial charge in [0.15, 0.2) is 0 Å². The summed E-state index contributed by atoms with van der Waals surface area (Å²) in [6.07, 6.45) is 4.84. The zero-order chi connectivity index (χ0) is 16.8. The van der Waals surface area contributed by atoms with E-state index in [1.165, 1.54) is 11.1 Å². The zero-order valence-corrected chi connectivity index (χ0v) is 14.3. The predicted octanol–water partition coefficient (Wildman–Crippen LogP) is 2.86. The van der Waals surface area contributed by atoms with Gasteiger partial charge in [0.2, 0.25) is 0 Å². The van der Waals surface area contributed by atoms with Gasteiger partial charge in [-0.3, -0.25) is 0 Å². The molecular formula is C19H26N4O. The maximum absolute atomic E-state index is 9.40. The van der Waals surface area contributed by atoms with Gasteiger partial charge in [0, 0.05) is 32.3 Å². The summed E-state index contributed by atoms with van der Waals surface area (Å²) in [5.41, 5.74) is 2.67. The summed E-state index contributed by atoms with van der Waals surface area (Å²) in [7, 11) is 0. The Balaban J connectivity index is 1.67. The fourth-order valence-corrected chi connectivity index (χ4v) is 3.30. The van der Waals surface area contributed by atoms with Crippen LogP contribution in [0.25, 0.3) is 0 Å². The van der Waals surface area contributed by atoms with Crippen molar-refractivity contribution in [3.63, 3.8) is 0 Å². The summed E-state index contributed by atoms with van der Waals surface area (Å²) < 4.78 is 0. The van der Waals surface area contributed by atoms with Crippen molar-refractivity contribution in [3.05, 3.63) is 47.8 Å². The molecule has 5 nitrogen and oxygen atoms in total. The van der Waals surface area contributed by atoms with Crippen LogP contribution in [0.4, 0.5) is 11.6 Å². The maximum atomic E-state index is 9.40. The molecular weight excluding hydrogens is 300 g/mol. The lowest BCUT2D eigenvalue weighted by molar-refractivity contribution is 0.208. The lowest BCUT2D eigenvalue weighted by Crippen LogP contribution is -2.37. The van der Waals surface area contributed by atoms with E-state index in [-0.39, 0.29) is 6.61 Å². The Morgan fingerprint density at radius 3 is 2.88 bits per heavy atom. The van der Waals surface area contributed by atoms with Gasteiger partial charge in [0.1, 0.15) is 18.0 Å². The van der Waals surface area contributed by atoms with Crippen molar-refractivity contribution in [1.82, 2.24) is 9.97 Å². The highest BCUT2D eigenvalue weighted by Gasteiger charge is 2.20. The molecule has 5 heteroatoms. The minimum absolute atomic E-state index is 0.250. The van der Waals surface area contributed by atoms with Crippen molar-refractivity contribution < 1.29 is 5.11 Å². The standard InChI is InChI=1S/C19H26N4O/c1-2-16-7-3-4-8-17(16)11-20-18-10-19(22-14-21-18)23-9-5-6-15(12-23)13-24/h3-4,7-8,10,14-15,24H,2,5-6,9,11-13H2,1H3,(H,20,21,22). The molecule has 0 saturated carbocycles. The molecule has 0 spiro atoms. The number of nitrogens with zero attached hydrogens (tertiary/aromatic N) is 3. The molecule has 0 amide bonds. The Bertz CT molecular complexity index is 661. The molecule has 1 saturated heterocycles. The van der Waals surface area contributed by atoms with Crippen LogP contribution in [-0.4, -0.2) is 34.8 Å². The Morgan fingerprint density at radius 2 is 2.08 bits per heavy atom. The van der Waals surface area contributed by atoms with Gasteiger partial charge in [0.25, 0.3) is 0 Å². The second-order valence-electron chi connectivity index (χ2n) is 6.37. The van der Waals surface area contributed by atoms with Gasteiger partial charge in [0.05, 0.1) is 0 Å². The molecule has 3 rings (SSSR count). The summed E-state index contributed by atoms with van der Waals surface area (Å²) in [6.45, 7) is 5.05. The van der Waals surface area contributed by atoms with Gasteiger partial charge in [-0.15, -0.1) is 0 Å². The summed E-state index contributed by atoms with van der Waals surface area (Å²) in [5.74, 6) is 2.13. The highest BCUT2D eigenvalue weighted by molar-refractivity contribution is 5.49. The Hall–Kier alpha value is -2.14. The third-order valence-corrected chi connectivity index (χ3v) is 4.71. The lowest BCUT2D eigenvalue weighted by atomic mass is 9.99. The first-order valence-electron chi connectivity index (χ1n) is 8.78. The van der Waals surface area contributed by atoms with Crippen LogP contribution in [0, 0.1) is 5.92 Å². The van der Waals surface area contributed by atoms with Gasteiger partial charge < -0.3 is 15.3 Å². The van der Waals surface area contributed by atoms with E-state index in [0.29, 0.717) is 5.92 Å². The van der Waals surface area contributed by atoms with Crippen molar-refractivity contribution in [1.29, 1.82) is 0 Å². The van der Waals surface area contributed by atoms with Crippen molar-refractivity contribution in [3.8, 4) is 0 Å². The first-order valence-corrected chi connectivity index (χ1v) is 8.78. The number of nitrogens with one attached hydrogen (secondary N) is 1. The molecule has 128 valence electrons. The van der Waals surface area contributed by atoms with E-state index in [0.717, 1.165) is 50.5 Å². The number of aliphatic hydroxyl groups excluding tert-OH is 1. The molecule has 1 aliphatic heterocycles. The normalized spacial score (nSPS) is 17.8. The molecule has 1 unspecified atom stereocenters. The molecule has 1 atom stereocenters. The minimum atomic E-state index is 0.250. The zero-order valence-electron chi connectivity index (χ0n) is 14.3. The summed E-state index contributed by atoms with van der Waals surface area (Å²) >= 11 is 0. The monoisotopic (exact) mass is 326 g/mol. The quantitative estimate of drug-likeness (QED) is 0.855. The van der Waals surface area contributed by atoms with Crippen LogP contribution in [0.3, 0.4) is 0 Å². The van der Waals surface area contributed by atoms with Gasteiger partial charge in [-0.25, -0.2) is 9.97 Å². The summed E-state index contributed by atoms with van der Waals surface area (Å²) in [4.78, 5) is 11.0. The molecule has 1 fully saturated rings. The highest BCUT2D eigenvalue weighted by atomic mass is 16.3. The largest absolute Gasteiger partial charge is 0.396 e. The third kappa shape index (κ3) is 4.03. The molecule has 1 aromatic heterocycles. The van der Waals surface area contributed by atoms with E-state index >= 15 is 0 Å². The van der Waals surface area contributed by atoms with Crippen LogP contribution in [0.15, 0.2) is 36.7 Å². The average Bonchev–Trinajstić information content (AvgIpc) is 2.67. The molecule has 1 aliphatic rings. The summed E-state index contributed by atoms with van der Waals surface area (Å²) in [6, 6.07) is 10.5. The van der Waals surface area contributed by atoms with Gasteiger partial charge >= 0.3 is 0 Å². The lowest BCUT2D eigenvalue weighted by Gasteiger charge is -2.32. The molecule has 24 heavy (non-hydrogen) atoms. The fourth-order valence-electron chi connectivity index (χ4n) is 3.30. The molecule has 2 N–H and O–H groups in total. The number of aromatic nitrogens is 2. The molecule has 0 radical (unpaired) electrons. The second-order valence-corrected chi connectivity index (χ2v) is 6.37. The average molecular weight is 326 g/mol. The number of benzene rings is 1. The minimum Gasteiger partial charge on any atom is -0.396 e. The van der Waals surface area contributed by atoms with Gasteiger partial charge in [-0.05, 0) is 36.3 Å². The predicted molar refractivity (Wildman–Crippen MR) is 97.2 cm³/mol. The first-order chi connectivity index (χ1) is 11.8. The number of hydrogen-bond donors (Lipinski definition) is 2. The van der Waals surface area contributed by atoms with E-state index < -0.39 is 0 Å². The van der Waals surface area contributed by atoms with E-state index in [1.54, 1.807) is 6.33 Å². The first kappa shape index (κ1) is 16.7. The third-order valence-electron chi connectivity index (χ3n) is 4.71. The van der Waals surface area contributed by atoms with Crippen LogP contribution in [0.2, 0.25) is 0 Å². The second kappa shape index (κ2) is 8.11. The molecule has 1 aromatic carbocycles. The van der Waals surface area contributed by atoms with E-state index in [4.69, 9.17) is 0 Å².